The van der Waals surface area contributed by atoms with Crippen molar-refractivity contribution in [3.8, 4) is 11.5 Å². The summed E-state index contributed by atoms with van der Waals surface area (Å²) in [5.74, 6) is 1.18. The van der Waals surface area contributed by atoms with Crippen LogP contribution < -0.4 is 14.8 Å². The average Bonchev–Trinajstić information content (AvgIpc) is 2.83. The summed E-state index contributed by atoms with van der Waals surface area (Å²) in [4.78, 5) is 22.6. The van der Waals surface area contributed by atoms with Crippen LogP contribution in [-0.2, 0) is 9.53 Å². The quantitative estimate of drug-likeness (QED) is 0.450. The number of ether oxygens (including phenoxy) is 3. The smallest absolute Gasteiger partial charge is 0.248 e. The number of fused-ring (bicyclic) bond motifs is 1. The van der Waals surface area contributed by atoms with E-state index in [2.05, 4.69) is 15.3 Å². The first-order chi connectivity index (χ1) is 16.5. The molecule has 4 rings (SSSR count). The normalized spacial score (nSPS) is 13.9. The van der Waals surface area contributed by atoms with Crippen molar-refractivity contribution in [3.63, 3.8) is 0 Å². The van der Waals surface area contributed by atoms with Gasteiger partial charge in [0.1, 0.15) is 30.7 Å². The summed E-state index contributed by atoms with van der Waals surface area (Å²) in [5, 5.41) is 3.90. The second-order valence-corrected chi connectivity index (χ2v) is 8.26. The van der Waals surface area contributed by atoms with Gasteiger partial charge in [0.15, 0.2) is 11.5 Å². The van der Waals surface area contributed by atoms with Crippen molar-refractivity contribution < 1.29 is 23.4 Å². The van der Waals surface area contributed by atoms with Crippen molar-refractivity contribution in [3.05, 3.63) is 47.5 Å². The van der Waals surface area contributed by atoms with Crippen LogP contribution in [0.3, 0.4) is 0 Å². The van der Waals surface area contributed by atoms with Crippen molar-refractivity contribution >= 4 is 39.9 Å². The second kappa shape index (κ2) is 12.0. The molecule has 0 bridgehead atoms. The summed E-state index contributed by atoms with van der Waals surface area (Å²) in [6.07, 6.45) is 2.77. The minimum atomic E-state index is -0.494. The van der Waals surface area contributed by atoms with Crippen LogP contribution in [0.1, 0.15) is 27.2 Å². The molecule has 188 valence electrons. The lowest BCUT2D eigenvalue weighted by molar-refractivity contribution is -0.136. The van der Waals surface area contributed by atoms with Crippen molar-refractivity contribution in [2.24, 2.45) is 0 Å². The lowest BCUT2D eigenvalue weighted by Crippen LogP contribution is -2.43. The van der Waals surface area contributed by atoms with E-state index in [-0.39, 0.29) is 31.1 Å². The zero-order valence-electron chi connectivity index (χ0n) is 19.0. The van der Waals surface area contributed by atoms with Gasteiger partial charge in [-0.05, 0) is 31.2 Å². The molecule has 8 nitrogen and oxygen atoms in total. The van der Waals surface area contributed by atoms with Gasteiger partial charge >= 0.3 is 0 Å². The highest BCUT2D eigenvalue weighted by atomic mass is 35.5. The summed E-state index contributed by atoms with van der Waals surface area (Å²) < 4.78 is 30.6. The average molecular weight is 505 g/mol. The Morgan fingerprint density at radius 2 is 1.97 bits per heavy atom. The summed E-state index contributed by atoms with van der Waals surface area (Å²) in [6.45, 7) is 3.66. The van der Waals surface area contributed by atoms with E-state index < -0.39 is 5.82 Å². The number of rotatable bonds is 8. The number of carbonyl (C=O) groups is 1. The minimum Gasteiger partial charge on any atom is -0.490 e. The highest BCUT2D eigenvalue weighted by molar-refractivity contribution is 6.31. The fraction of sp³-hybridized carbons (Fsp3) is 0.400. The van der Waals surface area contributed by atoms with Gasteiger partial charge < -0.3 is 24.4 Å². The molecule has 0 saturated carbocycles. The van der Waals surface area contributed by atoms with Crippen molar-refractivity contribution in [1.29, 1.82) is 0 Å². The van der Waals surface area contributed by atoms with Crippen LogP contribution in [0.4, 0.5) is 15.9 Å². The third-order valence-corrected chi connectivity index (χ3v) is 5.83. The Balaban J connectivity index is 0.00000342. The second-order valence-electron chi connectivity index (χ2n) is 7.86. The van der Waals surface area contributed by atoms with Crippen LogP contribution in [0.5, 0.6) is 11.5 Å². The fourth-order valence-electron chi connectivity index (χ4n) is 3.85. The number of hydrogen-bond donors (Lipinski definition) is 1. The van der Waals surface area contributed by atoms with E-state index in [9.17, 15) is 9.18 Å². The first-order valence-corrected chi connectivity index (χ1v) is 11.4. The molecular weight excluding hydrogens is 475 g/mol. The maximum Gasteiger partial charge on any atom is 0.248 e. The monoisotopic (exact) mass is 504 g/mol. The molecule has 1 aliphatic heterocycles. The van der Waals surface area contributed by atoms with Gasteiger partial charge in [0.05, 0.1) is 17.1 Å². The van der Waals surface area contributed by atoms with Crippen molar-refractivity contribution in [2.75, 3.05) is 38.7 Å². The molecule has 0 atom stereocenters. The van der Waals surface area contributed by atoms with Crippen LogP contribution in [0.15, 0.2) is 36.7 Å². The topological polar surface area (TPSA) is 85.8 Å². The minimum absolute atomic E-state index is 0. The molecule has 2 aromatic carbocycles. The van der Waals surface area contributed by atoms with E-state index in [1.807, 2.05) is 19.1 Å². The van der Waals surface area contributed by atoms with E-state index in [0.717, 1.165) is 0 Å². The molecule has 0 aliphatic carbocycles. The number of likely N-dealkylation sites (tertiary alicyclic amines) is 1. The number of carbonyl (C=O) groups excluding carboxylic acids is 1. The molecule has 3 aromatic rings. The Morgan fingerprint density at radius 3 is 2.66 bits per heavy atom. The third-order valence-electron chi connectivity index (χ3n) is 5.54. The van der Waals surface area contributed by atoms with Crippen molar-refractivity contribution in [2.45, 2.75) is 33.3 Å². The Labute approximate surface area is 209 Å². The first kappa shape index (κ1) is 26.4. The molecule has 10 heteroatoms. The van der Waals surface area contributed by atoms with E-state index >= 15 is 0 Å². The number of hydrogen-bond acceptors (Lipinski definition) is 7. The number of halogens is 2. The standard InChI is InChI=1S/C24H26ClFN4O4.CH4/c1-3-33-21-12-20-17(24(28-14-27-20)29-15-4-5-19(26)18(25)10-15)11-22(21)34-16-6-8-30(9-7-16)23(31)13-32-2;/h4-5,10-12,14,16H,3,6-9,13H2,1-2H3,(H,27,28,29);1H4. The van der Waals surface area contributed by atoms with Crippen molar-refractivity contribution in [1.82, 2.24) is 14.9 Å². The van der Waals surface area contributed by atoms with Gasteiger partial charge in [-0.1, -0.05) is 19.0 Å². The zero-order valence-corrected chi connectivity index (χ0v) is 19.8. The first-order valence-electron chi connectivity index (χ1n) is 11.1. The highest BCUT2D eigenvalue weighted by Gasteiger charge is 2.25. The number of nitrogens with one attached hydrogen (secondary N) is 1. The Bertz CT molecular complexity index is 1170. The maximum atomic E-state index is 13.5. The number of nitrogens with zero attached hydrogens (tertiary/aromatic N) is 3. The van der Waals surface area contributed by atoms with Gasteiger partial charge in [0, 0.05) is 50.2 Å². The molecule has 2 heterocycles. The molecule has 1 saturated heterocycles. The molecule has 1 amide bonds. The Morgan fingerprint density at radius 1 is 1.20 bits per heavy atom. The summed E-state index contributed by atoms with van der Waals surface area (Å²) in [6, 6.07) is 8.03. The SMILES string of the molecule is C.CCOc1cc2ncnc(Nc3ccc(F)c(Cl)c3)c2cc1OC1CCN(C(=O)COC)CC1. The lowest BCUT2D eigenvalue weighted by atomic mass is 10.1. The van der Waals surface area contributed by atoms with Crippen LogP contribution in [0.2, 0.25) is 5.02 Å². The zero-order chi connectivity index (χ0) is 24.1. The molecule has 0 spiro atoms. The number of methoxy groups -OCH3 is 1. The molecule has 1 aliphatic rings. The number of amides is 1. The van der Waals surface area contributed by atoms with Crippen LogP contribution in [0, 0.1) is 5.82 Å². The van der Waals surface area contributed by atoms with Gasteiger partial charge in [-0.2, -0.15) is 0 Å². The molecule has 1 aromatic heterocycles. The molecule has 1 fully saturated rings. The van der Waals surface area contributed by atoms with Gasteiger partial charge in [-0.15, -0.1) is 0 Å². The van der Waals surface area contributed by atoms with E-state index in [1.165, 1.54) is 25.6 Å². The third kappa shape index (κ3) is 6.29. The predicted molar refractivity (Wildman–Crippen MR) is 134 cm³/mol. The maximum absolute atomic E-state index is 13.5. The van der Waals surface area contributed by atoms with Gasteiger partial charge in [0.2, 0.25) is 5.91 Å². The molecule has 35 heavy (non-hydrogen) atoms. The molecule has 0 unspecified atom stereocenters. The van der Waals surface area contributed by atoms with Crippen LogP contribution in [0.25, 0.3) is 10.9 Å². The number of aromatic nitrogens is 2. The van der Waals surface area contributed by atoms with Gasteiger partial charge in [-0.3, -0.25) is 4.79 Å². The van der Waals surface area contributed by atoms with Crippen LogP contribution >= 0.6 is 11.6 Å². The van der Waals surface area contributed by atoms with Gasteiger partial charge in [-0.25, -0.2) is 14.4 Å². The summed E-state index contributed by atoms with van der Waals surface area (Å²) in [7, 11) is 1.51. The molecule has 1 N–H and O–H groups in total. The molecule has 0 radical (unpaired) electrons. The number of benzene rings is 2. The van der Waals surface area contributed by atoms with Gasteiger partial charge in [0.25, 0.3) is 0 Å². The number of anilines is 2. The highest BCUT2D eigenvalue weighted by Crippen LogP contribution is 2.36. The molecular formula is C25H30ClFN4O4. The predicted octanol–water partition coefficient (Wildman–Crippen LogP) is 5.22. The van der Waals surface area contributed by atoms with E-state index in [1.54, 1.807) is 11.0 Å². The summed E-state index contributed by atoms with van der Waals surface area (Å²) >= 11 is 5.92. The fourth-order valence-corrected chi connectivity index (χ4v) is 4.03. The lowest BCUT2D eigenvalue weighted by Gasteiger charge is -2.32. The Hall–Kier alpha value is -3.17. The van der Waals surface area contributed by atoms with E-state index in [4.69, 9.17) is 25.8 Å². The summed E-state index contributed by atoms with van der Waals surface area (Å²) in [5.41, 5.74) is 1.26. The Kier molecular flexibility index (Phi) is 9.06. The number of piperidine rings is 1. The van der Waals surface area contributed by atoms with Crippen LogP contribution in [-0.4, -0.2) is 60.3 Å². The van der Waals surface area contributed by atoms with E-state index in [0.29, 0.717) is 66.4 Å². The largest absolute Gasteiger partial charge is 0.490 e.